The maximum Gasteiger partial charge on any atom is 0.245 e. The molecule has 0 aliphatic heterocycles. The lowest BCUT2D eigenvalue weighted by Gasteiger charge is -1.95. The van der Waals surface area contributed by atoms with E-state index >= 15 is 0 Å². The standard InChI is InChI=1S/C6H5BrN2O/c7-5-2-1-3-6(4-5)9(8)10/h1-4,8H. The molecule has 0 aliphatic carbocycles. The molecule has 3 nitrogen and oxygen atoms in total. The minimum atomic E-state index is 0.0742. The Bertz CT molecular complexity index is 262. The molecular formula is C6H5BrN2O. The fourth-order valence-corrected chi connectivity index (χ4v) is 0.990. The summed E-state index contributed by atoms with van der Waals surface area (Å²) in [6.07, 6.45) is 0. The number of hydrogen-bond donors (Lipinski definition) is 1. The van der Waals surface area contributed by atoms with Crippen LogP contribution in [0.1, 0.15) is 0 Å². The predicted octanol–water partition coefficient (Wildman–Crippen LogP) is 2.62. The largest absolute Gasteiger partial charge is 0.594 e. The highest BCUT2D eigenvalue weighted by atomic mass is 79.9. The van der Waals surface area contributed by atoms with Gasteiger partial charge >= 0.3 is 0 Å². The minimum absolute atomic E-state index is 0.0742. The summed E-state index contributed by atoms with van der Waals surface area (Å²) in [6.45, 7) is 0. The van der Waals surface area contributed by atoms with E-state index in [4.69, 9.17) is 5.53 Å². The third-order valence-electron chi connectivity index (χ3n) is 1.04. The maximum atomic E-state index is 10.4. The Morgan fingerprint density at radius 3 is 2.60 bits per heavy atom. The highest BCUT2D eigenvalue weighted by Gasteiger charge is 1.98. The van der Waals surface area contributed by atoms with Crippen LogP contribution >= 0.6 is 15.9 Å². The lowest BCUT2D eigenvalue weighted by molar-refractivity contribution is -0.465. The molecule has 52 valence electrons. The van der Waals surface area contributed by atoms with E-state index in [1.54, 1.807) is 24.3 Å². The van der Waals surface area contributed by atoms with Crippen molar-refractivity contribution in [1.82, 2.24) is 0 Å². The Labute approximate surface area is 66.5 Å². The monoisotopic (exact) mass is 200 g/mol. The van der Waals surface area contributed by atoms with Crippen LogP contribution in [-0.4, -0.2) is 4.86 Å². The molecular weight excluding hydrogens is 196 g/mol. The summed E-state index contributed by atoms with van der Waals surface area (Å²) in [5, 5.41) is 10.4. The van der Waals surface area contributed by atoms with Gasteiger partial charge < -0.3 is 5.21 Å². The number of nitrogens with one attached hydrogen (secondary N) is 1. The normalized spacial score (nSPS) is 9.30. The molecule has 1 aromatic carbocycles. The maximum absolute atomic E-state index is 10.4. The zero-order valence-electron chi connectivity index (χ0n) is 5.04. The molecule has 0 heterocycles. The van der Waals surface area contributed by atoms with Gasteiger partial charge in [0.05, 0.1) is 0 Å². The number of rotatable bonds is 1. The second kappa shape index (κ2) is 2.79. The van der Waals surface area contributed by atoms with Gasteiger partial charge in [-0.15, -0.1) is 0 Å². The molecule has 0 saturated carbocycles. The van der Waals surface area contributed by atoms with Gasteiger partial charge in [-0.1, -0.05) is 26.9 Å². The second-order valence-corrected chi connectivity index (χ2v) is 2.69. The Morgan fingerprint density at radius 2 is 2.20 bits per heavy atom. The van der Waals surface area contributed by atoms with E-state index < -0.39 is 0 Å². The topological polar surface area (TPSA) is 49.9 Å². The molecule has 1 aromatic rings. The van der Waals surface area contributed by atoms with Crippen LogP contribution < -0.4 is 0 Å². The van der Waals surface area contributed by atoms with Crippen LogP contribution in [0.15, 0.2) is 28.7 Å². The average Bonchev–Trinajstić information content (AvgIpc) is 1.88. The van der Waals surface area contributed by atoms with Crippen molar-refractivity contribution in [2.45, 2.75) is 0 Å². The highest BCUT2D eigenvalue weighted by Crippen LogP contribution is 2.16. The summed E-state index contributed by atoms with van der Waals surface area (Å²) in [5.41, 5.74) is 7.00. The molecule has 0 unspecified atom stereocenters. The van der Waals surface area contributed by atoms with E-state index in [1.807, 2.05) is 0 Å². The molecule has 0 radical (unpaired) electrons. The lowest BCUT2D eigenvalue weighted by Crippen LogP contribution is -1.85. The lowest BCUT2D eigenvalue weighted by atomic mass is 10.3. The Morgan fingerprint density at radius 1 is 1.50 bits per heavy atom. The van der Waals surface area contributed by atoms with E-state index in [-0.39, 0.29) is 4.86 Å². The van der Waals surface area contributed by atoms with E-state index in [1.165, 1.54) is 0 Å². The van der Waals surface area contributed by atoms with Crippen molar-refractivity contribution in [2.24, 2.45) is 0 Å². The van der Waals surface area contributed by atoms with Crippen LogP contribution in [0, 0.1) is 10.7 Å². The van der Waals surface area contributed by atoms with Crippen molar-refractivity contribution in [3.8, 4) is 0 Å². The summed E-state index contributed by atoms with van der Waals surface area (Å²) in [7, 11) is 0. The quantitative estimate of drug-likeness (QED) is 0.423. The molecule has 1 N–H and O–H groups in total. The van der Waals surface area contributed by atoms with Gasteiger partial charge in [0.25, 0.3) is 0 Å². The number of hydrogen-bond acceptors (Lipinski definition) is 2. The first-order valence-electron chi connectivity index (χ1n) is 2.64. The van der Waals surface area contributed by atoms with Crippen molar-refractivity contribution in [3.63, 3.8) is 0 Å². The van der Waals surface area contributed by atoms with Crippen LogP contribution in [-0.2, 0) is 0 Å². The molecule has 0 bridgehead atoms. The van der Waals surface area contributed by atoms with E-state index in [0.717, 1.165) is 4.47 Å². The Hall–Kier alpha value is -0.900. The average molecular weight is 201 g/mol. The van der Waals surface area contributed by atoms with E-state index in [2.05, 4.69) is 15.9 Å². The first-order valence-corrected chi connectivity index (χ1v) is 3.43. The smallest absolute Gasteiger partial charge is 0.245 e. The van der Waals surface area contributed by atoms with Crippen LogP contribution in [0.3, 0.4) is 0 Å². The molecule has 0 aliphatic rings. The molecule has 0 fully saturated rings. The Kier molecular flexibility index (Phi) is 2.01. The van der Waals surface area contributed by atoms with Gasteiger partial charge in [0.1, 0.15) is 0 Å². The summed E-state index contributed by atoms with van der Waals surface area (Å²) >= 11 is 3.18. The third kappa shape index (κ3) is 1.54. The summed E-state index contributed by atoms with van der Waals surface area (Å²) in [4.78, 5) is 0.0742. The van der Waals surface area contributed by atoms with Gasteiger partial charge in [-0.05, 0) is 11.6 Å². The number of nitrogens with zero attached hydrogens (tertiary/aromatic N) is 1. The van der Waals surface area contributed by atoms with Gasteiger partial charge in [-0.25, -0.2) is 0 Å². The van der Waals surface area contributed by atoms with Crippen molar-refractivity contribution in [1.29, 1.82) is 5.53 Å². The number of benzene rings is 1. The first kappa shape index (κ1) is 7.21. The molecule has 4 heteroatoms. The fraction of sp³-hybridized carbons (Fsp3) is 0. The van der Waals surface area contributed by atoms with Gasteiger partial charge in [0.15, 0.2) is 0 Å². The summed E-state index contributed by atoms with van der Waals surface area (Å²) < 4.78 is 0.804. The van der Waals surface area contributed by atoms with Gasteiger partial charge in [0.2, 0.25) is 5.69 Å². The summed E-state index contributed by atoms with van der Waals surface area (Å²) in [6, 6.07) is 6.66. The minimum Gasteiger partial charge on any atom is -0.594 e. The van der Waals surface area contributed by atoms with Gasteiger partial charge in [-0.2, -0.15) is 0 Å². The second-order valence-electron chi connectivity index (χ2n) is 1.77. The van der Waals surface area contributed by atoms with Crippen LogP contribution in [0.2, 0.25) is 0 Å². The van der Waals surface area contributed by atoms with Crippen molar-refractivity contribution in [2.75, 3.05) is 0 Å². The van der Waals surface area contributed by atoms with Gasteiger partial charge in [0, 0.05) is 16.6 Å². The van der Waals surface area contributed by atoms with Gasteiger partial charge in [-0.3, -0.25) is 0 Å². The zero-order chi connectivity index (χ0) is 7.56. The molecule has 0 saturated heterocycles. The SMILES string of the molecule is N=[N+]([O-])c1cccc(Br)c1. The highest BCUT2D eigenvalue weighted by molar-refractivity contribution is 9.10. The predicted molar refractivity (Wildman–Crippen MR) is 40.1 cm³/mol. The molecule has 0 atom stereocenters. The molecule has 1 rings (SSSR count). The third-order valence-corrected chi connectivity index (χ3v) is 1.54. The fourth-order valence-electron chi connectivity index (χ4n) is 0.602. The summed E-state index contributed by atoms with van der Waals surface area (Å²) in [5.74, 6) is 0. The zero-order valence-corrected chi connectivity index (χ0v) is 6.63. The molecule has 10 heavy (non-hydrogen) atoms. The Balaban J connectivity index is 3.07. The molecule has 0 aromatic heterocycles. The molecule has 0 amide bonds. The van der Waals surface area contributed by atoms with Crippen LogP contribution in [0.5, 0.6) is 0 Å². The van der Waals surface area contributed by atoms with Crippen LogP contribution in [0.25, 0.3) is 0 Å². The van der Waals surface area contributed by atoms with E-state index in [0.29, 0.717) is 5.69 Å². The first-order chi connectivity index (χ1) is 4.70. The molecule has 0 spiro atoms. The van der Waals surface area contributed by atoms with Crippen molar-refractivity contribution in [3.05, 3.63) is 33.9 Å². The van der Waals surface area contributed by atoms with Crippen molar-refractivity contribution < 1.29 is 4.86 Å². The number of halogens is 1. The van der Waals surface area contributed by atoms with Crippen molar-refractivity contribution >= 4 is 21.6 Å². The van der Waals surface area contributed by atoms with Crippen LogP contribution in [0.4, 0.5) is 5.69 Å². The van der Waals surface area contributed by atoms with E-state index in [9.17, 15) is 5.21 Å².